The number of nitrogens with zero attached hydrogens (tertiary/aromatic N) is 3. The number of aromatic nitrogens is 1. The Hall–Kier alpha value is -3.07. The summed E-state index contributed by atoms with van der Waals surface area (Å²) in [7, 11) is -0.269. The third kappa shape index (κ3) is 4.36. The van der Waals surface area contributed by atoms with Crippen LogP contribution in [0.25, 0.3) is 10.2 Å². The molecule has 6 nitrogen and oxygen atoms in total. The van der Waals surface area contributed by atoms with Gasteiger partial charge in [0.2, 0.25) is 10.0 Å². The molecule has 1 aromatic heterocycles. The first-order valence-electron chi connectivity index (χ1n) is 9.60. The van der Waals surface area contributed by atoms with Gasteiger partial charge in [-0.05, 0) is 42.0 Å². The Balaban J connectivity index is 1.57. The van der Waals surface area contributed by atoms with Crippen molar-refractivity contribution >= 4 is 37.5 Å². The number of thiazole rings is 1. The van der Waals surface area contributed by atoms with Crippen LogP contribution in [0.4, 0.5) is 0 Å². The molecule has 3 aromatic carbocycles. The van der Waals surface area contributed by atoms with Crippen molar-refractivity contribution in [3.8, 4) is 0 Å². The molecule has 0 saturated carbocycles. The Morgan fingerprint density at radius 1 is 0.968 bits per heavy atom. The van der Waals surface area contributed by atoms with E-state index in [9.17, 15) is 13.2 Å². The van der Waals surface area contributed by atoms with Gasteiger partial charge in [-0.25, -0.2) is 8.42 Å². The zero-order valence-corrected chi connectivity index (χ0v) is 18.7. The van der Waals surface area contributed by atoms with Crippen molar-refractivity contribution in [2.75, 3.05) is 7.05 Å². The van der Waals surface area contributed by atoms with E-state index in [1.54, 1.807) is 0 Å². The van der Waals surface area contributed by atoms with E-state index in [-0.39, 0.29) is 11.4 Å². The zero-order valence-electron chi connectivity index (χ0n) is 17.1. The average Bonchev–Trinajstić information content (AvgIpc) is 3.10. The van der Waals surface area contributed by atoms with Gasteiger partial charge < -0.3 is 4.57 Å². The molecule has 8 heteroatoms. The van der Waals surface area contributed by atoms with Gasteiger partial charge in [-0.3, -0.25) is 4.79 Å². The van der Waals surface area contributed by atoms with Crippen LogP contribution in [0.2, 0.25) is 0 Å². The lowest BCUT2D eigenvalue weighted by molar-refractivity contribution is 0.0998. The monoisotopic (exact) mass is 451 g/mol. The van der Waals surface area contributed by atoms with Crippen molar-refractivity contribution in [3.63, 3.8) is 0 Å². The molecule has 158 valence electrons. The highest BCUT2D eigenvalue weighted by molar-refractivity contribution is 7.89. The van der Waals surface area contributed by atoms with E-state index >= 15 is 0 Å². The fourth-order valence-corrected chi connectivity index (χ4v) is 5.39. The van der Waals surface area contributed by atoms with E-state index in [1.165, 1.54) is 47.0 Å². The maximum absolute atomic E-state index is 12.9. The molecule has 0 fully saturated rings. The minimum Gasteiger partial charge on any atom is -0.319 e. The summed E-state index contributed by atoms with van der Waals surface area (Å²) < 4.78 is 29.9. The van der Waals surface area contributed by atoms with Gasteiger partial charge in [0.15, 0.2) is 4.80 Å². The number of hydrogen-bond acceptors (Lipinski definition) is 4. The number of sulfonamides is 1. The van der Waals surface area contributed by atoms with Gasteiger partial charge in [0, 0.05) is 26.2 Å². The van der Waals surface area contributed by atoms with Crippen LogP contribution in [0.1, 0.15) is 15.9 Å². The van der Waals surface area contributed by atoms with Gasteiger partial charge in [-0.2, -0.15) is 9.30 Å². The molecule has 4 aromatic rings. The molecule has 31 heavy (non-hydrogen) atoms. The molecule has 0 aliphatic rings. The molecule has 1 amide bonds. The summed E-state index contributed by atoms with van der Waals surface area (Å²) in [5, 5.41) is 0. The minimum absolute atomic E-state index is 0.134. The van der Waals surface area contributed by atoms with Crippen LogP contribution in [0.3, 0.4) is 0 Å². The number of amides is 1. The normalized spacial score (nSPS) is 12.5. The second kappa shape index (κ2) is 8.58. The smallest absolute Gasteiger partial charge is 0.279 e. The highest BCUT2D eigenvalue weighted by Gasteiger charge is 2.21. The van der Waals surface area contributed by atoms with Gasteiger partial charge >= 0.3 is 0 Å². The fourth-order valence-electron chi connectivity index (χ4n) is 3.21. The number of para-hydroxylation sites is 1. The highest BCUT2D eigenvalue weighted by atomic mass is 32.2. The van der Waals surface area contributed by atoms with Gasteiger partial charge in [-0.15, -0.1) is 0 Å². The van der Waals surface area contributed by atoms with Gasteiger partial charge in [0.25, 0.3) is 5.91 Å². The second-order valence-electron chi connectivity index (χ2n) is 7.10. The van der Waals surface area contributed by atoms with Crippen LogP contribution in [0.5, 0.6) is 0 Å². The van der Waals surface area contributed by atoms with Crippen LogP contribution >= 0.6 is 11.3 Å². The summed E-state index contributed by atoms with van der Waals surface area (Å²) in [6.45, 7) is 0.266. The predicted octanol–water partition coefficient (Wildman–Crippen LogP) is 3.80. The van der Waals surface area contributed by atoms with Crippen molar-refractivity contribution in [1.29, 1.82) is 0 Å². The molecule has 0 aliphatic heterocycles. The lowest BCUT2D eigenvalue weighted by atomic mass is 10.2. The summed E-state index contributed by atoms with van der Waals surface area (Å²) in [6.07, 6.45) is 0. The molecule has 0 bridgehead atoms. The first kappa shape index (κ1) is 21.2. The SMILES string of the molecule is CN(Cc1ccccc1)S(=O)(=O)c1ccc(C(=O)N=c2sc3ccccc3n2C)cc1. The summed E-state index contributed by atoms with van der Waals surface area (Å²) in [5.41, 5.74) is 2.24. The molecular formula is C23H21N3O3S2. The number of carbonyl (C=O) groups excluding carboxylic acids is 1. The van der Waals surface area contributed by atoms with Gasteiger partial charge in [0.1, 0.15) is 0 Å². The fraction of sp³-hybridized carbons (Fsp3) is 0.130. The van der Waals surface area contributed by atoms with Crippen molar-refractivity contribution in [2.24, 2.45) is 12.0 Å². The molecule has 0 aliphatic carbocycles. The Morgan fingerprint density at radius 3 is 2.29 bits per heavy atom. The van der Waals surface area contributed by atoms with Crippen LogP contribution < -0.4 is 4.80 Å². The molecule has 4 rings (SSSR count). The first-order chi connectivity index (χ1) is 14.9. The third-order valence-electron chi connectivity index (χ3n) is 4.97. The van der Waals surface area contributed by atoms with Crippen LogP contribution in [-0.2, 0) is 23.6 Å². The Morgan fingerprint density at radius 2 is 1.61 bits per heavy atom. The largest absolute Gasteiger partial charge is 0.319 e. The van der Waals surface area contributed by atoms with E-state index in [2.05, 4.69) is 4.99 Å². The summed E-state index contributed by atoms with van der Waals surface area (Å²) >= 11 is 1.43. The minimum atomic E-state index is -3.67. The van der Waals surface area contributed by atoms with Gasteiger partial charge in [-0.1, -0.05) is 53.8 Å². The molecule has 0 saturated heterocycles. The number of hydrogen-bond donors (Lipinski definition) is 0. The second-order valence-corrected chi connectivity index (χ2v) is 10.2. The van der Waals surface area contributed by atoms with Crippen LogP contribution in [0, 0.1) is 0 Å². The van der Waals surface area contributed by atoms with E-state index in [1.807, 2.05) is 66.2 Å². The molecule has 0 atom stereocenters. The highest BCUT2D eigenvalue weighted by Crippen LogP contribution is 2.19. The van der Waals surface area contributed by atoms with Crippen molar-refractivity contribution < 1.29 is 13.2 Å². The average molecular weight is 452 g/mol. The zero-order chi connectivity index (χ0) is 22.0. The summed E-state index contributed by atoms with van der Waals surface area (Å²) in [6, 6.07) is 23.1. The Kier molecular flexibility index (Phi) is 5.86. The van der Waals surface area contributed by atoms with E-state index in [0.29, 0.717) is 10.4 Å². The predicted molar refractivity (Wildman–Crippen MR) is 122 cm³/mol. The molecule has 0 radical (unpaired) electrons. The lowest BCUT2D eigenvalue weighted by Gasteiger charge is -2.17. The maximum Gasteiger partial charge on any atom is 0.279 e. The quantitative estimate of drug-likeness (QED) is 0.463. The van der Waals surface area contributed by atoms with Crippen molar-refractivity contribution in [2.45, 2.75) is 11.4 Å². The van der Waals surface area contributed by atoms with Crippen molar-refractivity contribution in [1.82, 2.24) is 8.87 Å². The van der Waals surface area contributed by atoms with Gasteiger partial charge in [0.05, 0.1) is 15.1 Å². The van der Waals surface area contributed by atoms with E-state index in [0.717, 1.165) is 15.8 Å². The standard InChI is InChI=1S/C23H21N3O3S2/c1-25(16-17-8-4-3-5-9-17)31(28,29)19-14-12-18(13-15-19)22(27)24-23-26(2)20-10-6-7-11-21(20)30-23/h3-15H,16H2,1-2H3. The van der Waals surface area contributed by atoms with Crippen LogP contribution in [0.15, 0.2) is 88.8 Å². The summed E-state index contributed by atoms with van der Waals surface area (Å²) in [4.78, 5) is 17.6. The molecular weight excluding hydrogens is 430 g/mol. The molecule has 0 unspecified atom stereocenters. The number of benzene rings is 3. The Bertz CT molecular complexity index is 1400. The lowest BCUT2D eigenvalue weighted by Crippen LogP contribution is -2.26. The van der Waals surface area contributed by atoms with Crippen LogP contribution in [-0.4, -0.2) is 30.2 Å². The topological polar surface area (TPSA) is 71.7 Å². The number of carbonyl (C=O) groups is 1. The Labute approximate surface area is 184 Å². The summed E-state index contributed by atoms with van der Waals surface area (Å²) in [5.74, 6) is -0.413. The van der Waals surface area contributed by atoms with E-state index < -0.39 is 15.9 Å². The number of rotatable bonds is 5. The van der Waals surface area contributed by atoms with E-state index in [4.69, 9.17) is 0 Å². The molecule has 1 heterocycles. The van der Waals surface area contributed by atoms with Crippen molar-refractivity contribution in [3.05, 3.63) is 94.8 Å². The maximum atomic E-state index is 12.9. The number of aryl methyl sites for hydroxylation is 1. The first-order valence-corrected chi connectivity index (χ1v) is 11.9. The molecule has 0 spiro atoms. The third-order valence-corrected chi connectivity index (χ3v) is 7.90. The molecule has 0 N–H and O–H groups in total. The number of fused-ring (bicyclic) bond motifs is 1.